The molecule has 0 radical (unpaired) electrons. The second-order valence-electron chi connectivity index (χ2n) is 3.41. The fourth-order valence-electron chi connectivity index (χ4n) is 1.46. The third-order valence-electron chi connectivity index (χ3n) is 2.24. The van der Waals surface area contributed by atoms with Gasteiger partial charge in [-0.25, -0.2) is 23.4 Å². The Morgan fingerprint density at radius 2 is 2.06 bits per heavy atom. The van der Waals surface area contributed by atoms with Crippen molar-refractivity contribution in [2.45, 2.75) is 0 Å². The largest absolute Gasteiger partial charge is 0.478 e. The van der Waals surface area contributed by atoms with Gasteiger partial charge in [0, 0.05) is 17.8 Å². The summed E-state index contributed by atoms with van der Waals surface area (Å²) in [5.74, 6) is -3.15. The first kappa shape index (κ1) is 11.9. The van der Waals surface area contributed by atoms with E-state index in [-0.39, 0.29) is 16.8 Å². The lowest BCUT2D eigenvalue weighted by Gasteiger charge is -2.06. The smallest absolute Gasteiger partial charge is 0.345 e. The molecule has 0 saturated heterocycles. The van der Waals surface area contributed by atoms with Gasteiger partial charge >= 0.3 is 11.7 Å². The van der Waals surface area contributed by atoms with E-state index in [1.807, 2.05) is 0 Å². The summed E-state index contributed by atoms with van der Waals surface area (Å²) in [6.45, 7) is 0. The number of carboxylic acids is 1. The molecule has 0 unspecified atom stereocenters. The van der Waals surface area contributed by atoms with Crippen LogP contribution in [0.1, 0.15) is 10.4 Å². The van der Waals surface area contributed by atoms with Crippen LogP contribution in [-0.2, 0) is 0 Å². The number of carbonyl (C=O) groups is 1. The highest BCUT2D eigenvalue weighted by Crippen LogP contribution is 2.23. The fourth-order valence-corrected chi connectivity index (χ4v) is 1.46. The van der Waals surface area contributed by atoms with E-state index in [9.17, 15) is 18.4 Å². The van der Waals surface area contributed by atoms with Crippen LogP contribution in [0, 0.1) is 11.6 Å². The van der Waals surface area contributed by atoms with Crippen LogP contribution in [0.3, 0.4) is 0 Å². The minimum atomic E-state index is -1.38. The van der Waals surface area contributed by atoms with Crippen molar-refractivity contribution in [2.75, 3.05) is 0 Å². The van der Waals surface area contributed by atoms with Crippen molar-refractivity contribution in [3.63, 3.8) is 0 Å². The van der Waals surface area contributed by atoms with Gasteiger partial charge in [0.05, 0.1) is 5.69 Å². The fraction of sp³-hybridized carbons (Fsp3) is 0. The number of rotatable bonds is 2. The highest BCUT2D eigenvalue weighted by molar-refractivity contribution is 5.94. The SMILES string of the molecule is O=C(O)c1cnc(=O)[nH]c1-c1ccc(F)cc1F. The highest BCUT2D eigenvalue weighted by Gasteiger charge is 2.16. The molecular weight excluding hydrogens is 246 g/mol. The Morgan fingerprint density at radius 3 is 2.67 bits per heavy atom. The Hall–Kier alpha value is -2.57. The minimum Gasteiger partial charge on any atom is -0.478 e. The maximum Gasteiger partial charge on any atom is 0.345 e. The van der Waals surface area contributed by atoms with Crippen LogP contribution in [0.15, 0.2) is 29.2 Å². The molecule has 18 heavy (non-hydrogen) atoms. The van der Waals surface area contributed by atoms with E-state index in [4.69, 9.17) is 5.11 Å². The molecule has 0 fully saturated rings. The maximum absolute atomic E-state index is 13.5. The van der Waals surface area contributed by atoms with Crippen LogP contribution in [0.5, 0.6) is 0 Å². The lowest BCUT2D eigenvalue weighted by Crippen LogP contribution is -2.15. The molecule has 1 heterocycles. The highest BCUT2D eigenvalue weighted by atomic mass is 19.1. The maximum atomic E-state index is 13.5. The molecule has 0 aliphatic heterocycles. The molecule has 0 saturated carbocycles. The summed E-state index contributed by atoms with van der Waals surface area (Å²) in [6.07, 6.45) is 0.819. The van der Waals surface area contributed by atoms with Gasteiger partial charge in [-0.1, -0.05) is 0 Å². The number of nitrogens with one attached hydrogen (secondary N) is 1. The second kappa shape index (κ2) is 4.36. The summed E-state index contributed by atoms with van der Waals surface area (Å²) in [7, 11) is 0. The zero-order valence-electron chi connectivity index (χ0n) is 8.78. The second-order valence-corrected chi connectivity index (χ2v) is 3.41. The van der Waals surface area contributed by atoms with Crippen LogP contribution in [0.25, 0.3) is 11.3 Å². The van der Waals surface area contributed by atoms with Crippen LogP contribution in [0.2, 0.25) is 0 Å². The van der Waals surface area contributed by atoms with E-state index in [0.29, 0.717) is 6.07 Å². The number of hydrogen-bond acceptors (Lipinski definition) is 3. The predicted octanol–water partition coefficient (Wildman–Crippen LogP) is 1.41. The average Bonchev–Trinajstić information content (AvgIpc) is 2.28. The summed E-state index contributed by atoms with van der Waals surface area (Å²) in [6, 6.07) is 2.60. The first-order valence-corrected chi connectivity index (χ1v) is 4.77. The minimum absolute atomic E-state index is 0.215. The van der Waals surface area contributed by atoms with Gasteiger partial charge in [-0.2, -0.15) is 0 Å². The lowest BCUT2D eigenvalue weighted by atomic mass is 10.1. The van der Waals surface area contributed by atoms with Gasteiger partial charge in [-0.05, 0) is 12.1 Å². The van der Waals surface area contributed by atoms with Crippen molar-refractivity contribution >= 4 is 5.97 Å². The molecule has 0 aliphatic carbocycles. The van der Waals surface area contributed by atoms with Crippen molar-refractivity contribution < 1.29 is 18.7 Å². The number of H-pyrrole nitrogens is 1. The molecule has 1 aromatic carbocycles. The monoisotopic (exact) mass is 252 g/mol. The van der Waals surface area contributed by atoms with E-state index in [0.717, 1.165) is 18.3 Å². The zero-order valence-corrected chi connectivity index (χ0v) is 8.78. The lowest BCUT2D eigenvalue weighted by molar-refractivity contribution is 0.0697. The molecule has 5 nitrogen and oxygen atoms in total. The molecule has 0 aliphatic rings. The molecule has 2 aromatic rings. The summed E-state index contributed by atoms with van der Waals surface area (Å²) in [4.78, 5) is 27.4. The molecule has 0 bridgehead atoms. The van der Waals surface area contributed by atoms with Crippen LogP contribution in [0.4, 0.5) is 8.78 Å². The Labute approximate surface area is 98.7 Å². The first-order valence-electron chi connectivity index (χ1n) is 4.77. The quantitative estimate of drug-likeness (QED) is 0.846. The zero-order chi connectivity index (χ0) is 13.3. The molecule has 0 spiro atoms. The molecule has 0 atom stereocenters. The molecule has 92 valence electrons. The predicted molar refractivity (Wildman–Crippen MR) is 57.2 cm³/mol. The third-order valence-corrected chi connectivity index (χ3v) is 2.24. The number of hydrogen-bond donors (Lipinski definition) is 2. The van der Waals surface area contributed by atoms with Crippen LogP contribution < -0.4 is 5.69 Å². The number of aromatic carboxylic acids is 1. The molecule has 1 aromatic heterocycles. The molecule has 2 rings (SSSR count). The van der Waals surface area contributed by atoms with E-state index >= 15 is 0 Å². The average molecular weight is 252 g/mol. The number of benzene rings is 1. The van der Waals surface area contributed by atoms with Gasteiger partial charge in [-0.3, -0.25) is 0 Å². The van der Waals surface area contributed by atoms with Crippen LogP contribution >= 0.6 is 0 Å². The standard InChI is InChI=1S/C11H6F2N2O3/c12-5-1-2-6(8(13)3-5)9-7(10(16)17)4-14-11(18)15-9/h1-4H,(H,16,17)(H,14,15,18). The molecular formula is C11H6F2N2O3. The van der Waals surface area contributed by atoms with E-state index in [2.05, 4.69) is 9.97 Å². The van der Waals surface area contributed by atoms with Gasteiger partial charge in [0.25, 0.3) is 0 Å². The van der Waals surface area contributed by atoms with E-state index in [1.165, 1.54) is 0 Å². The number of aromatic nitrogens is 2. The first-order chi connectivity index (χ1) is 8.49. The number of halogens is 2. The summed E-state index contributed by atoms with van der Waals surface area (Å²) < 4.78 is 26.3. The van der Waals surface area contributed by atoms with Crippen molar-refractivity contribution in [1.29, 1.82) is 0 Å². The number of aromatic amines is 1. The Bertz CT molecular complexity index is 682. The Morgan fingerprint density at radius 1 is 1.33 bits per heavy atom. The van der Waals surface area contributed by atoms with Gasteiger partial charge in [-0.15, -0.1) is 0 Å². The number of carboxylic acid groups (broad SMARTS) is 1. The summed E-state index contributed by atoms with van der Waals surface area (Å²) in [5.41, 5.74) is -1.66. The van der Waals surface area contributed by atoms with Gasteiger partial charge < -0.3 is 10.1 Å². The van der Waals surface area contributed by atoms with Crippen molar-refractivity contribution in [3.05, 3.63) is 52.1 Å². The third kappa shape index (κ3) is 2.10. The van der Waals surface area contributed by atoms with Gasteiger partial charge in [0.2, 0.25) is 0 Å². The van der Waals surface area contributed by atoms with Gasteiger partial charge in [0.15, 0.2) is 0 Å². The van der Waals surface area contributed by atoms with E-state index in [1.54, 1.807) is 0 Å². The molecule has 7 heteroatoms. The Balaban J connectivity index is 2.73. The molecule has 0 amide bonds. The van der Waals surface area contributed by atoms with Crippen LogP contribution in [-0.4, -0.2) is 21.0 Å². The summed E-state index contributed by atoms with van der Waals surface area (Å²) >= 11 is 0. The Kier molecular flexibility index (Phi) is 2.88. The normalized spacial score (nSPS) is 10.3. The van der Waals surface area contributed by atoms with Crippen molar-refractivity contribution in [1.82, 2.24) is 9.97 Å². The van der Waals surface area contributed by atoms with Crippen molar-refractivity contribution in [2.24, 2.45) is 0 Å². The van der Waals surface area contributed by atoms with E-state index < -0.39 is 23.3 Å². The summed E-state index contributed by atoms with van der Waals surface area (Å²) in [5, 5.41) is 8.90. The van der Waals surface area contributed by atoms with Gasteiger partial charge in [0.1, 0.15) is 17.2 Å². The molecule has 2 N–H and O–H groups in total. The topological polar surface area (TPSA) is 83.0 Å². The van der Waals surface area contributed by atoms with Crippen molar-refractivity contribution in [3.8, 4) is 11.3 Å². The number of nitrogens with zero attached hydrogens (tertiary/aromatic N) is 1.